The molecule has 6 nitrogen and oxygen atoms in total. The summed E-state index contributed by atoms with van der Waals surface area (Å²) in [5.74, 6) is 0.501. The summed E-state index contributed by atoms with van der Waals surface area (Å²) in [6, 6.07) is 11.4. The van der Waals surface area contributed by atoms with Gasteiger partial charge in [0.1, 0.15) is 5.75 Å². The molecule has 0 saturated heterocycles. The first-order valence-corrected chi connectivity index (χ1v) is 9.95. The maximum absolute atomic E-state index is 12.5. The molecule has 1 amide bonds. The molecule has 3 rings (SSSR count). The van der Waals surface area contributed by atoms with Crippen molar-refractivity contribution in [1.82, 2.24) is 10.0 Å². The van der Waals surface area contributed by atoms with Crippen LogP contribution in [0.3, 0.4) is 0 Å². The third-order valence-electron chi connectivity index (χ3n) is 4.01. The maximum Gasteiger partial charge on any atom is 0.251 e. The van der Waals surface area contributed by atoms with E-state index in [1.807, 2.05) is 18.2 Å². The van der Waals surface area contributed by atoms with Crippen LogP contribution in [-0.4, -0.2) is 28.0 Å². The van der Waals surface area contributed by atoms with E-state index >= 15 is 0 Å². The minimum Gasteiger partial charge on any atom is -0.493 e. The van der Waals surface area contributed by atoms with Crippen LogP contribution in [0.2, 0.25) is 0 Å². The summed E-state index contributed by atoms with van der Waals surface area (Å²) in [4.78, 5) is 12.6. The van der Waals surface area contributed by atoms with Crippen LogP contribution in [0.5, 0.6) is 5.75 Å². The average Bonchev–Trinajstić information content (AvgIpc) is 2.62. The normalized spacial score (nSPS) is 16.6. The van der Waals surface area contributed by atoms with Crippen LogP contribution in [-0.2, 0) is 10.0 Å². The van der Waals surface area contributed by atoms with Crippen molar-refractivity contribution < 1.29 is 17.9 Å². The lowest BCUT2D eigenvalue weighted by molar-refractivity contribution is 0.0924. The lowest BCUT2D eigenvalue weighted by Crippen LogP contribution is -2.32. The number of rotatable bonds is 4. The van der Waals surface area contributed by atoms with Crippen molar-refractivity contribution >= 4 is 31.9 Å². The quantitative estimate of drug-likeness (QED) is 0.789. The Balaban J connectivity index is 1.79. The van der Waals surface area contributed by atoms with Crippen LogP contribution in [0.25, 0.3) is 0 Å². The monoisotopic (exact) mass is 424 g/mol. The Kier molecular flexibility index (Phi) is 5.12. The highest BCUT2D eigenvalue weighted by Gasteiger charge is 2.24. The lowest BCUT2D eigenvalue weighted by Gasteiger charge is -2.27. The largest absolute Gasteiger partial charge is 0.493 e. The molecular formula is C17H17BrN2O4S. The molecule has 0 fully saturated rings. The number of ether oxygens (including phenoxy) is 1. The Morgan fingerprint density at radius 1 is 1.20 bits per heavy atom. The van der Waals surface area contributed by atoms with E-state index in [4.69, 9.17) is 4.74 Å². The Bertz CT molecular complexity index is 897. The van der Waals surface area contributed by atoms with Crippen molar-refractivity contribution in [3.63, 3.8) is 0 Å². The van der Waals surface area contributed by atoms with Crippen molar-refractivity contribution in [3.8, 4) is 5.75 Å². The van der Waals surface area contributed by atoms with Crippen molar-refractivity contribution in [2.75, 3.05) is 13.7 Å². The molecule has 0 saturated carbocycles. The smallest absolute Gasteiger partial charge is 0.251 e. The highest BCUT2D eigenvalue weighted by molar-refractivity contribution is 9.10. The zero-order valence-electron chi connectivity index (χ0n) is 13.5. The van der Waals surface area contributed by atoms with Gasteiger partial charge in [-0.25, -0.2) is 13.1 Å². The topological polar surface area (TPSA) is 84.5 Å². The molecule has 1 heterocycles. The first-order valence-electron chi connectivity index (χ1n) is 7.67. The Labute approximate surface area is 154 Å². The minimum absolute atomic E-state index is 0.117. The highest BCUT2D eigenvalue weighted by atomic mass is 79.9. The Hall–Kier alpha value is -1.90. The van der Waals surface area contributed by atoms with Crippen molar-refractivity contribution in [2.24, 2.45) is 0 Å². The molecule has 132 valence electrons. The molecule has 1 aliphatic heterocycles. The second-order valence-corrected chi connectivity index (χ2v) is 8.38. The molecule has 2 aromatic carbocycles. The van der Waals surface area contributed by atoms with Gasteiger partial charge in [0.25, 0.3) is 5.91 Å². The van der Waals surface area contributed by atoms with Gasteiger partial charge < -0.3 is 10.1 Å². The zero-order valence-corrected chi connectivity index (χ0v) is 15.9. The first-order chi connectivity index (χ1) is 11.9. The molecule has 1 atom stereocenters. The van der Waals surface area contributed by atoms with Gasteiger partial charge in [0, 0.05) is 22.0 Å². The standard InChI is InChI=1S/C17H17BrN2O4S/c1-19-25(22,23)13-5-2-11(3-6-13)17(21)20-15-8-9-24-16-7-4-12(18)10-14(15)16/h2-7,10,15,19H,8-9H2,1H3,(H,20,21). The van der Waals surface area contributed by atoms with Crippen LogP contribution in [0.15, 0.2) is 51.8 Å². The highest BCUT2D eigenvalue weighted by Crippen LogP contribution is 2.34. The SMILES string of the molecule is CNS(=O)(=O)c1ccc(C(=O)NC2CCOc3ccc(Br)cc32)cc1. The second-order valence-electron chi connectivity index (χ2n) is 5.58. The van der Waals surface area contributed by atoms with E-state index in [0.29, 0.717) is 18.6 Å². The van der Waals surface area contributed by atoms with Gasteiger partial charge in [-0.05, 0) is 49.5 Å². The van der Waals surface area contributed by atoms with E-state index in [2.05, 4.69) is 26.0 Å². The summed E-state index contributed by atoms with van der Waals surface area (Å²) in [5.41, 5.74) is 1.32. The fraction of sp³-hybridized carbons (Fsp3) is 0.235. The molecule has 25 heavy (non-hydrogen) atoms. The molecule has 0 aliphatic carbocycles. The molecule has 8 heteroatoms. The fourth-order valence-corrected chi connectivity index (χ4v) is 3.77. The van der Waals surface area contributed by atoms with Crippen molar-refractivity contribution in [3.05, 3.63) is 58.1 Å². The summed E-state index contributed by atoms with van der Waals surface area (Å²) in [7, 11) is -2.17. The van der Waals surface area contributed by atoms with Gasteiger partial charge in [-0.3, -0.25) is 4.79 Å². The number of nitrogens with one attached hydrogen (secondary N) is 2. The summed E-state index contributed by atoms with van der Waals surface area (Å²) in [5, 5.41) is 2.99. The number of benzene rings is 2. The van der Waals surface area contributed by atoms with Crippen LogP contribution in [0.4, 0.5) is 0 Å². The van der Waals surface area contributed by atoms with Gasteiger partial charge in [-0.15, -0.1) is 0 Å². The molecule has 2 aromatic rings. The van der Waals surface area contributed by atoms with Gasteiger partial charge in [0.2, 0.25) is 10.0 Å². The summed E-state index contributed by atoms with van der Waals surface area (Å²) >= 11 is 3.43. The molecule has 1 aliphatic rings. The average molecular weight is 425 g/mol. The van der Waals surface area contributed by atoms with Crippen molar-refractivity contribution in [2.45, 2.75) is 17.4 Å². The molecule has 1 unspecified atom stereocenters. The van der Waals surface area contributed by atoms with E-state index in [1.165, 1.54) is 31.3 Å². The Morgan fingerprint density at radius 3 is 2.60 bits per heavy atom. The van der Waals surface area contributed by atoms with Gasteiger partial charge >= 0.3 is 0 Å². The number of hydrogen-bond acceptors (Lipinski definition) is 4. The molecule has 2 N–H and O–H groups in total. The number of amides is 1. The zero-order chi connectivity index (χ0) is 18.0. The fourth-order valence-electron chi connectivity index (χ4n) is 2.66. The van der Waals surface area contributed by atoms with Crippen molar-refractivity contribution in [1.29, 1.82) is 0 Å². The maximum atomic E-state index is 12.5. The molecular weight excluding hydrogens is 408 g/mol. The number of fused-ring (bicyclic) bond motifs is 1. The number of halogens is 1. The minimum atomic E-state index is -3.52. The number of hydrogen-bond donors (Lipinski definition) is 2. The van der Waals surface area contributed by atoms with Gasteiger partial charge in [0.15, 0.2) is 0 Å². The van der Waals surface area contributed by atoms with Gasteiger partial charge in [-0.1, -0.05) is 15.9 Å². The summed E-state index contributed by atoms with van der Waals surface area (Å²) in [6.07, 6.45) is 0.668. The van der Waals surface area contributed by atoms with Crippen LogP contribution < -0.4 is 14.8 Å². The van der Waals surface area contributed by atoms with Crippen LogP contribution in [0.1, 0.15) is 28.4 Å². The van der Waals surface area contributed by atoms with Crippen LogP contribution in [0, 0.1) is 0 Å². The molecule has 0 radical (unpaired) electrons. The van der Waals surface area contributed by atoms with Gasteiger partial charge in [-0.2, -0.15) is 0 Å². The molecule has 0 spiro atoms. The van der Waals surface area contributed by atoms with E-state index < -0.39 is 10.0 Å². The predicted octanol–water partition coefficient (Wildman–Crippen LogP) is 2.61. The van der Waals surface area contributed by atoms with E-state index in [-0.39, 0.29) is 16.8 Å². The number of carbonyl (C=O) groups excluding carboxylic acids is 1. The van der Waals surface area contributed by atoms with Gasteiger partial charge in [0.05, 0.1) is 17.5 Å². The second kappa shape index (κ2) is 7.15. The number of carbonyl (C=O) groups is 1. The summed E-state index contributed by atoms with van der Waals surface area (Å²) in [6.45, 7) is 0.527. The summed E-state index contributed by atoms with van der Waals surface area (Å²) < 4.78 is 32.2. The van der Waals surface area contributed by atoms with E-state index in [1.54, 1.807) is 0 Å². The van der Waals surface area contributed by atoms with E-state index in [0.717, 1.165) is 15.8 Å². The van der Waals surface area contributed by atoms with E-state index in [9.17, 15) is 13.2 Å². The number of sulfonamides is 1. The third-order valence-corrected chi connectivity index (χ3v) is 5.94. The van der Waals surface area contributed by atoms with Crippen LogP contribution >= 0.6 is 15.9 Å². The third kappa shape index (κ3) is 3.86. The molecule has 0 bridgehead atoms. The molecule has 0 aromatic heterocycles. The lowest BCUT2D eigenvalue weighted by atomic mass is 10.00. The Morgan fingerprint density at radius 2 is 1.92 bits per heavy atom. The predicted molar refractivity (Wildman–Crippen MR) is 97.1 cm³/mol. The first kappa shape index (κ1) is 17.9.